The van der Waals surface area contributed by atoms with E-state index in [2.05, 4.69) is 34.0 Å². The molecule has 2 rings (SSSR count). The zero-order chi connectivity index (χ0) is 12.8. The monoisotopic (exact) mass is 250 g/mol. The first-order chi connectivity index (χ1) is 8.85. The lowest BCUT2D eigenvalue weighted by Crippen LogP contribution is -2.35. The van der Waals surface area contributed by atoms with Crippen LogP contribution >= 0.6 is 0 Å². The fraction of sp³-hybridized carbons (Fsp3) is 0.692. The Kier molecular flexibility index (Phi) is 4.75. The Morgan fingerprint density at radius 3 is 2.56 bits per heavy atom. The molecule has 1 N–H and O–H groups in total. The summed E-state index contributed by atoms with van der Waals surface area (Å²) in [5.74, 6) is 1.54. The highest BCUT2D eigenvalue weighted by atomic mass is 16.5. The number of anilines is 1. The van der Waals surface area contributed by atoms with Gasteiger partial charge in [-0.25, -0.2) is 9.97 Å². The molecule has 2 heterocycles. The molecule has 1 aromatic heterocycles. The minimum atomic E-state index is 0.261. The van der Waals surface area contributed by atoms with Crippen LogP contribution in [0.3, 0.4) is 0 Å². The topological polar surface area (TPSA) is 50.3 Å². The molecule has 5 heteroatoms. The van der Waals surface area contributed by atoms with Crippen molar-refractivity contribution >= 4 is 5.82 Å². The van der Waals surface area contributed by atoms with E-state index in [0.717, 1.165) is 44.8 Å². The van der Waals surface area contributed by atoms with Gasteiger partial charge in [0.1, 0.15) is 6.10 Å². The van der Waals surface area contributed by atoms with E-state index in [9.17, 15) is 0 Å². The van der Waals surface area contributed by atoms with Crippen molar-refractivity contribution in [1.29, 1.82) is 0 Å². The van der Waals surface area contributed by atoms with E-state index in [1.54, 1.807) is 12.4 Å². The van der Waals surface area contributed by atoms with Gasteiger partial charge in [-0.2, -0.15) is 0 Å². The molecule has 18 heavy (non-hydrogen) atoms. The number of aromatic nitrogens is 2. The third-order valence-electron chi connectivity index (χ3n) is 3.27. The van der Waals surface area contributed by atoms with Crippen molar-refractivity contribution in [3.63, 3.8) is 0 Å². The molecule has 0 spiro atoms. The van der Waals surface area contributed by atoms with Crippen molar-refractivity contribution in [2.75, 3.05) is 31.1 Å². The minimum absolute atomic E-state index is 0.261. The van der Waals surface area contributed by atoms with Gasteiger partial charge in [0.05, 0.1) is 0 Å². The van der Waals surface area contributed by atoms with Crippen molar-refractivity contribution in [1.82, 2.24) is 15.3 Å². The molecule has 0 radical (unpaired) electrons. The van der Waals surface area contributed by atoms with Gasteiger partial charge in [0.2, 0.25) is 0 Å². The second-order valence-electron chi connectivity index (χ2n) is 4.42. The summed E-state index contributed by atoms with van der Waals surface area (Å²) in [6.45, 7) is 8.10. The van der Waals surface area contributed by atoms with E-state index in [1.807, 2.05) is 0 Å². The molecule has 1 fully saturated rings. The van der Waals surface area contributed by atoms with Crippen LogP contribution in [0.25, 0.3) is 0 Å². The normalized spacial score (nSPS) is 16.6. The Labute approximate surface area is 109 Å². The third-order valence-corrected chi connectivity index (χ3v) is 3.27. The van der Waals surface area contributed by atoms with E-state index in [0.29, 0.717) is 5.88 Å². The quantitative estimate of drug-likeness (QED) is 0.857. The van der Waals surface area contributed by atoms with Crippen LogP contribution in [0.5, 0.6) is 5.88 Å². The summed E-state index contributed by atoms with van der Waals surface area (Å²) in [5.41, 5.74) is 0. The third kappa shape index (κ3) is 3.10. The number of nitrogens with zero attached hydrogens (tertiary/aromatic N) is 3. The molecule has 0 amide bonds. The number of nitrogens with one attached hydrogen (secondary N) is 1. The first-order valence-corrected chi connectivity index (χ1v) is 6.78. The van der Waals surface area contributed by atoms with E-state index in [1.165, 1.54) is 0 Å². The van der Waals surface area contributed by atoms with E-state index in [-0.39, 0.29) is 6.10 Å². The zero-order valence-corrected chi connectivity index (χ0v) is 11.2. The van der Waals surface area contributed by atoms with E-state index in [4.69, 9.17) is 4.74 Å². The summed E-state index contributed by atoms with van der Waals surface area (Å²) in [6, 6.07) is 0. The van der Waals surface area contributed by atoms with Crippen LogP contribution in [0, 0.1) is 0 Å². The molecular weight excluding hydrogens is 228 g/mol. The fourth-order valence-electron chi connectivity index (χ4n) is 2.21. The van der Waals surface area contributed by atoms with E-state index < -0.39 is 0 Å². The Bertz CT molecular complexity index is 362. The molecule has 0 bridgehead atoms. The number of piperidine rings is 1. The molecule has 1 aliphatic rings. The lowest BCUT2D eigenvalue weighted by atomic mass is 10.1. The zero-order valence-electron chi connectivity index (χ0n) is 11.2. The fourth-order valence-corrected chi connectivity index (χ4v) is 2.21. The minimum Gasteiger partial charge on any atom is -0.472 e. The molecular formula is C13H22N4O. The predicted octanol–water partition coefficient (Wildman–Crippen LogP) is 1.45. The molecule has 0 aliphatic carbocycles. The number of rotatable bonds is 5. The van der Waals surface area contributed by atoms with Crippen molar-refractivity contribution in [2.45, 2.75) is 32.8 Å². The lowest BCUT2D eigenvalue weighted by molar-refractivity contribution is 0.156. The highest BCUT2D eigenvalue weighted by molar-refractivity contribution is 5.47. The highest BCUT2D eigenvalue weighted by Gasteiger charge is 2.19. The molecule has 0 atom stereocenters. The van der Waals surface area contributed by atoms with Gasteiger partial charge >= 0.3 is 0 Å². The van der Waals surface area contributed by atoms with Crippen LogP contribution in [-0.4, -0.2) is 42.3 Å². The molecule has 0 saturated carbocycles. The summed E-state index contributed by atoms with van der Waals surface area (Å²) >= 11 is 0. The number of ether oxygens (including phenoxy) is 1. The molecule has 0 aromatic carbocycles. The Morgan fingerprint density at radius 1 is 1.22 bits per heavy atom. The van der Waals surface area contributed by atoms with Crippen molar-refractivity contribution in [3.8, 4) is 5.88 Å². The van der Waals surface area contributed by atoms with Crippen LogP contribution in [0.1, 0.15) is 26.7 Å². The SMILES string of the molecule is CCN(CC)c1nccnc1OC1CCNCC1. The van der Waals surface area contributed by atoms with Gasteiger partial charge in [-0.15, -0.1) is 0 Å². The first-order valence-electron chi connectivity index (χ1n) is 6.78. The summed E-state index contributed by atoms with van der Waals surface area (Å²) in [4.78, 5) is 10.9. The van der Waals surface area contributed by atoms with Gasteiger partial charge in [-0.3, -0.25) is 0 Å². The van der Waals surface area contributed by atoms with Crippen molar-refractivity contribution in [2.24, 2.45) is 0 Å². The summed E-state index contributed by atoms with van der Waals surface area (Å²) < 4.78 is 6.02. The molecule has 100 valence electrons. The van der Waals surface area contributed by atoms with Gasteiger partial charge in [0, 0.05) is 25.5 Å². The largest absolute Gasteiger partial charge is 0.472 e. The first kappa shape index (κ1) is 13.1. The molecule has 1 saturated heterocycles. The summed E-state index contributed by atoms with van der Waals surface area (Å²) in [7, 11) is 0. The average molecular weight is 250 g/mol. The average Bonchev–Trinajstić information content (AvgIpc) is 2.43. The highest BCUT2D eigenvalue weighted by Crippen LogP contribution is 2.24. The second kappa shape index (κ2) is 6.54. The number of hydrogen-bond acceptors (Lipinski definition) is 5. The van der Waals surface area contributed by atoms with Crippen LogP contribution in [0.2, 0.25) is 0 Å². The second-order valence-corrected chi connectivity index (χ2v) is 4.42. The standard InChI is InChI=1S/C13H22N4O/c1-3-17(4-2)12-13(16-10-9-15-12)18-11-5-7-14-8-6-11/h9-11,14H,3-8H2,1-2H3. The maximum Gasteiger partial charge on any atom is 0.257 e. The van der Waals surface area contributed by atoms with Gasteiger partial charge < -0.3 is 15.0 Å². The van der Waals surface area contributed by atoms with Gasteiger partial charge in [0.15, 0.2) is 5.82 Å². The van der Waals surface area contributed by atoms with E-state index >= 15 is 0 Å². The Morgan fingerprint density at radius 2 is 1.89 bits per heavy atom. The van der Waals surface area contributed by atoms with Gasteiger partial charge in [-0.1, -0.05) is 0 Å². The van der Waals surface area contributed by atoms with Crippen LogP contribution in [-0.2, 0) is 0 Å². The van der Waals surface area contributed by atoms with Crippen LogP contribution in [0.15, 0.2) is 12.4 Å². The molecule has 5 nitrogen and oxygen atoms in total. The Hall–Kier alpha value is -1.36. The lowest BCUT2D eigenvalue weighted by Gasteiger charge is -2.26. The summed E-state index contributed by atoms with van der Waals surface area (Å²) in [6.07, 6.45) is 5.76. The van der Waals surface area contributed by atoms with Gasteiger partial charge in [-0.05, 0) is 39.8 Å². The Balaban J connectivity index is 2.10. The van der Waals surface area contributed by atoms with Crippen LogP contribution < -0.4 is 15.0 Å². The molecule has 1 aliphatic heterocycles. The number of hydrogen-bond donors (Lipinski definition) is 1. The van der Waals surface area contributed by atoms with Crippen molar-refractivity contribution < 1.29 is 4.74 Å². The summed E-state index contributed by atoms with van der Waals surface area (Å²) in [5, 5.41) is 3.33. The molecule has 1 aromatic rings. The smallest absolute Gasteiger partial charge is 0.257 e. The molecule has 0 unspecified atom stereocenters. The maximum absolute atomic E-state index is 6.02. The van der Waals surface area contributed by atoms with Crippen molar-refractivity contribution in [3.05, 3.63) is 12.4 Å². The maximum atomic E-state index is 6.02. The van der Waals surface area contributed by atoms with Crippen LogP contribution in [0.4, 0.5) is 5.82 Å². The van der Waals surface area contributed by atoms with Gasteiger partial charge in [0.25, 0.3) is 5.88 Å². The predicted molar refractivity (Wildman–Crippen MR) is 72.1 cm³/mol.